The zero-order valence-electron chi connectivity index (χ0n) is 18.7. The minimum Gasteiger partial charge on any atom is -0.457 e. The first-order valence-corrected chi connectivity index (χ1v) is 14.7. The Hall–Kier alpha value is -3.86. The van der Waals surface area contributed by atoms with E-state index in [2.05, 4.69) is 16.4 Å². The van der Waals surface area contributed by atoms with Crippen molar-refractivity contribution in [3.63, 3.8) is 0 Å². The van der Waals surface area contributed by atoms with E-state index in [1.54, 1.807) is 42.5 Å². The monoisotopic (exact) mass is 564 g/mol. The van der Waals surface area contributed by atoms with Crippen LogP contribution in [-0.4, -0.2) is 19.3 Å². The normalized spacial score (nSPS) is 11.8. The lowest BCUT2D eigenvalue weighted by molar-refractivity contribution is 0.103. The van der Waals surface area contributed by atoms with E-state index < -0.39 is 10.0 Å². The minimum absolute atomic E-state index is 0.00183. The highest BCUT2D eigenvalue weighted by molar-refractivity contribution is 7.89. The van der Waals surface area contributed by atoms with Gasteiger partial charge in [-0.2, -0.15) is 5.26 Å². The average molecular weight is 565 g/mol. The Morgan fingerprint density at radius 2 is 1.81 bits per heavy atom. The highest BCUT2D eigenvalue weighted by Crippen LogP contribution is 2.39. The first-order valence-electron chi connectivity index (χ1n) is 10.6. The number of hydrogen-bond acceptors (Lipinski definition) is 9. The molecule has 37 heavy (non-hydrogen) atoms. The fourth-order valence-corrected chi connectivity index (χ4v) is 6.21. The summed E-state index contributed by atoms with van der Waals surface area (Å²) < 4.78 is 28.8. The number of nitrogens with one attached hydrogen (secondary N) is 1. The van der Waals surface area contributed by atoms with E-state index >= 15 is 0 Å². The number of aromatic nitrogens is 1. The van der Waals surface area contributed by atoms with Gasteiger partial charge in [0, 0.05) is 11.6 Å². The van der Waals surface area contributed by atoms with Crippen molar-refractivity contribution in [1.29, 1.82) is 5.26 Å². The van der Waals surface area contributed by atoms with E-state index in [-0.39, 0.29) is 16.4 Å². The molecule has 0 unspecified atom stereocenters. The third-order valence-electron chi connectivity index (χ3n) is 5.09. The summed E-state index contributed by atoms with van der Waals surface area (Å²) in [5.74, 6) is 0.667. The fourth-order valence-electron chi connectivity index (χ4n) is 3.35. The van der Waals surface area contributed by atoms with Crippen LogP contribution in [0.2, 0.25) is 0 Å². The van der Waals surface area contributed by atoms with Crippen LogP contribution in [0.1, 0.15) is 20.4 Å². The molecular formula is C25H16N4O4S4. The van der Waals surface area contributed by atoms with E-state index in [4.69, 9.17) is 9.56 Å². The topological polar surface area (TPSA) is 139 Å². The Kier molecular flexibility index (Phi) is 6.88. The van der Waals surface area contributed by atoms with E-state index in [0.29, 0.717) is 37.7 Å². The van der Waals surface area contributed by atoms with Gasteiger partial charge < -0.3 is 9.73 Å². The van der Waals surface area contributed by atoms with E-state index in [1.807, 2.05) is 22.9 Å². The molecule has 0 radical (unpaired) electrons. The summed E-state index contributed by atoms with van der Waals surface area (Å²) in [4.78, 5) is 18.8. The Morgan fingerprint density at radius 3 is 2.46 bits per heavy atom. The molecule has 5 aromatic rings. The highest BCUT2D eigenvalue weighted by atomic mass is 32.2. The summed E-state index contributed by atoms with van der Waals surface area (Å²) in [7, 11) is -3.79. The van der Waals surface area contributed by atoms with Crippen LogP contribution in [0, 0.1) is 11.3 Å². The number of thiazole rings is 1. The molecule has 0 atom stereocenters. The average Bonchev–Trinajstić information content (AvgIpc) is 3.68. The Bertz CT molecular complexity index is 1740. The number of rotatable bonds is 7. The molecule has 0 bridgehead atoms. The lowest BCUT2D eigenvalue weighted by Gasteiger charge is -2.02. The van der Waals surface area contributed by atoms with Crippen LogP contribution in [0.15, 0.2) is 80.7 Å². The van der Waals surface area contributed by atoms with Crippen molar-refractivity contribution >= 4 is 66.6 Å². The number of sulfonamides is 1. The van der Waals surface area contributed by atoms with Gasteiger partial charge in [0.15, 0.2) is 0 Å². The predicted octanol–water partition coefficient (Wildman–Crippen LogP) is 6.16. The highest BCUT2D eigenvalue weighted by Gasteiger charge is 2.20. The Labute approximate surface area is 224 Å². The number of nitrogens with two attached hydrogens (primary N) is 1. The quantitative estimate of drug-likeness (QED) is 0.227. The predicted molar refractivity (Wildman–Crippen MR) is 147 cm³/mol. The molecule has 1 aromatic carbocycles. The molecular weight excluding hydrogens is 549 g/mol. The minimum atomic E-state index is -3.79. The maximum absolute atomic E-state index is 12.7. The maximum atomic E-state index is 12.7. The Morgan fingerprint density at radius 1 is 1.05 bits per heavy atom. The molecule has 1 amide bonds. The van der Waals surface area contributed by atoms with Crippen LogP contribution < -0.4 is 10.5 Å². The van der Waals surface area contributed by atoms with Gasteiger partial charge in [0.25, 0.3) is 5.91 Å². The number of nitriles is 1. The van der Waals surface area contributed by atoms with Crippen molar-refractivity contribution in [2.45, 2.75) is 4.90 Å². The van der Waals surface area contributed by atoms with Crippen LogP contribution in [-0.2, 0) is 10.0 Å². The molecule has 0 aliphatic rings. The van der Waals surface area contributed by atoms with Crippen LogP contribution in [0.25, 0.3) is 33.5 Å². The van der Waals surface area contributed by atoms with Gasteiger partial charge >= 0.3 is 0 Å². The van der Waals surface area contributed by atoms with Crippen molar-refractivity contribution in [2.75, 3.05) is 5.32 Å². The number of thiophene rings is 2. The zero-order chi connectivity index (χ0) is 26.0. The van der Waals surface area contributed by atoms with Gasteiger partial charge in [0.05, 0.1) is 20.2 Å². The molecule has 4 heterocycles. The number of furan rings is 1. The van der Waals surface area contributed by atoms with Gasteiger partial charge in [0.1, 0.15) is 33.3 Å². The largest absolute Gasteiger partial charge is 0.457 e. The van der Waals surface area contributed by atoms with Crippen molar-refractivity contribution in [3.05, 3.63) is 87.1 Å². The van der Waals surface area contributed by atoms with Gasteiger partial charge in [-0.05, 0) is 59.3 Å². The molecule has 8 nitrogen and oxygen atoms in total. The number of hydrogen-bond donors (Lipinski definition) is 2. The molecule has 0 fully saturated rings. The van der Waals surface area contributed by atoms with Crippen molar-refractivity contribution in [1.82, 2.24) is 4.98 Å². The molecule has 184 valence electrons. The molecule has 0 spiro atoms. The Balaban J connectivity index is 1.46. The zero-order valence-corrected chi connectivity index (χ0v) is 22.0. The number of nitrogens with zero attached hydrogens (tertiary/aromatic N) is 2. The number of amides is 1. The third kappa shape index (κ3) is 5.46. The molecule has 0 aliphatic carbocycles. The molecule has 3 N–H and O–H groups in total. The van der Waals surface area contributed by atoms with Gasteiger partial charge in [-0.1, -0.05) is 23.5 Å². The van der Waals surface area contributed by atoms with Gasteiger partial charge in [-0.3, -0.25) is 4.79 Å². The van der Waals surface area contributed by atoms with Gasteiger partial charge in [0.2, 0.25) is 10.0 Å². The first kappa shape index (κ1) is 24.8. The van der Waals surface area contributed by atoms with Crippen LogP contribution >= 0.6 is 34.0 Å². The van der Waals surface area contributed by atoms with Crippen molar-refractivity contribution in [2.24, 2.45) is 5.14 Å². The lowest BCUT2D eigenvalue weighted by atomic mass is 10.2. The van der Waals surface area contributed by atoms with E-state index in [0.717, 1.165) is 4.88 Å². The summed E-state index contributed by atoms with van der Waals surface area (Å²) in [6.45, 7) is 0. The number of carbonyl (C=O) groups excluding carboxylic acids is 1. The smallest absolute Gasteiger partial charge is 0.266 e. The lowest BCUT2D eigenvalue weighted by Crippen LogP contribution is -2.11. The van der Waals surface area contributed by atoms with Crippen LogP contribution in [0.3, 0.4) is 0 Å². The SMILES string of the molecule is N#C/C(=C\c1ccc(-c2ccc(S(N)(=O)=O)cc2)o1)c1nc(-c2cccs2)c(NC(=O)c2cccs2)s1. The summed E-state index contributed by atoms with van der Waals surface area (Å²) in [6, 6.07) is 18.9. The second-order valence-electron chi connectivity index (χ2n) is 7.55. The second-order valence-corrected chi connectivity index (χ2v) is 12.0. The summed E-state index contributed by atoms with van der Waals surface area (Å²) in [5.41, 5.74) is 1.51. The van der Waals surface area contributed by atoms with Crippen molar-refractivity contribution in [3.8, 4) is 28.0 Å². The molecule has 5 rings (SSSR count). The van der Waals surface area contributed by atoms with Crippen LogP contribution in [0.4, 0.5) is 5.00 Å². The summed E-state index contributed by atoms with van der Waals surface area (Å²) in [6.07, 6.45) is 1.57. The van der Waals surface area contributed by atoms with E-state index in [9.17, 15) is 18.5 Å². The molecule has 4 aromatic heterocycles. The number of allylic oxidation sites excluding steroid dienone is 1. The molecule has 0 aliphatic heterocycles. The first-order chi connectivity index (χ1) is 17.8. The molecule has 12 heteroatoms. The third-order valence-corrected chi connectivity index (χ3v) is 8.76. The standard InChI is InChI=1S/C25H16N4O4S4/c26-14-16(13-17-7-10-19(33-17)15-5-8-18(9-6-15)37(27,31)32)24-28-22(20-3-1-11-34-20)25(36-24)29-23(30)21-4-2-12-35-21/h1-13H,(H,29,30)(H2,27,31,32)/b16-13+. The molecule has 0 saturated heterocycles. The number of anilines is 1. The van der Waals surface area contributed by atoms with Crippen LogP contribution in [0.5, 0.6) is 0 Å². The van der Waals surface area contributed by atoms with Gasteiger partial charge in [-0.15, -0.1) is 22.7 Å². The van der Waals surface area contributed by atoms with Gasteiger partial charge in [-0.25, -0.2) is 18.5 Å². The van der Waals surface area contributed by atoms with Crippen molar-refractivity contribution < 1.29 is 17.6 Å². The second kappa shape index (κ2) is 10.3. The number of primary sulfonamides is 1. The number of benzene rings is 1. The number of carbonyl (C=O) groups is 1. The van der Waals surface area contributed by atoms with E-state index in [1.165, 1.54) is 46.1 Å². The summed E-state index contributed by atoms with van der Waals surface area (Å²) >= 11 is 4.03. The maximum Gasteiger partial charge on any atom is 0.266 e. The fraction of sp³-hybridized carbons (Fsp3) is 0. The molecule has 0 saturated carbocycles. The summed E-state index contributed by atoms with van der Waals surface area (Å²) in [5, 5.41) is 22.7.